The fourth-order valence-corrected chi connectivity index (χ4v) is 4.44. The normalized spacial score (nSPS) is 11.3. The Hall–Kier alpha value is -4.91. The molecule has 7 nitrogen and oxygen atoms in total. The highest BCUT2D eigenvalue weighted by molar-refractivity contribution is 5.85. The minimum atomic E-state index is -0.615. The molecule has 0 spiro atoms. The zero-order valence-electron chi connectivity index (χ0n) is 21.0. The monoisotopic (exact) mass is 505 g/mol. The smallest absolute Gasteiger partial charge is 0.349 e. The number of para-hydroxylation sites is 1. The van der Waals surface area contributed by atoms with E-state index in [9.17, 15) is 9.59 Å². The third kappa shape index (κ3) is 4.99. The molecule has 7 heteroatoms. The molecule has 0 unspecified atom stereocenters. The number of hydrogen-bond donors (Lipinski definition) is 1. The van der Waals surface area contributed by atoms with Crippen molar-refractivity contribution in [2.45, 2.75) is 20.0 Å². The summed E-state index contributed by atoms with van der Waals surface area (Å²) in [6.07, 6.45) is 3.79. The van der Waals surface area contributed by atoms with Gasteiger partial charge in [0.05, 0.1) is 23.7 Å². The van der Waals surface area contributed by atoms with Gasteiger partial charge in [-0.15, -0.1) is 11.3 Å². The van der Waals surface area contributed by atoms with Crippen molar-refractivity contribution in [3.63, 3.8) is 0 Å². The van der Waals surface area contributed by atoms with Crippen molar-refractivity contribution in [1.82, 2.24) is 9.66 Å². The van der Waals surface area contributed by atoms with Crippen molar-refractivity contribution in [1.29, 1.82) is 0 Å². The lowest BCUT2D eigenvalue weighted by Gasteiger charge is -2.17. The Morgan fingerprint density at radius 3 is 2.50 bits per heavy atom. The Morgan fingerprint density at radius 1 is 0.921 bits per heavy atom. The summed E-state index contributed by atoms with van der Waals surface area (Å²) in [5, 5.41) is 6.86. The average Bonchev–Trinajstić information content (AvgIpc) is 2.93. The highest BCUT2D eigenvalue weighted by Crippen LogP contribution is 2.35. The van der Waals surface area contributed by atoms with E-state index in [1.807, 2.05) is 31.2 Å². The van der Waals surface area contributed by atoms with E-state index < -0.39 is 11.2 Å². The van der Waals surface area contributed by atoms with Crippen molar-refractivity contribution >= 4 is 27.9 Å². The van der Waals surface area contributed by atoms with Crippen LogP contribution in [-0.4, -0.2) is 22.5 Å². The van der Waals surface area contributed by atoms with Crippen LogP contribution in [0.25, 0.3) is 21.7 Å². The molecular formula is C31H27N3O4. The number of aromatic amines is 1. The molecule has 0 saturated heterocycles. The number of fused-ring (bicyclic) bond motifs is 2. The van der Waals surface area contributed by atoms with Crippen LogP contribution in [0.1, 0.15) is 23.6 Å². The molecule has 0 saturated carbocycles. The van der Waals surface area contributed by atoms with Gasteiger partial charge in [0.15, 0.2) is 11.5 Å². The van der Waals surface area contributed by atoms with Crippen LogP contribution in [0.2, 0.25) is 0 Å². The van der Waals surface area contributed by atoms with Crippen molar-refractivity contribution in [2.24, 2.45) is 5.10 Å². The molecule has 4 aromatic carbocycles. The summed E-state index contributed by atoms with van der Waals surface area (Å²) < 4.78 is 13.1. The number of aromatic nitrogens is 2. The third-order valence-corrected chi connectivity index (χ3v) is 6.18. The second kappa shape index (κ2) is 11.0. The summed E-state index contributed by atoms with van der Waals surface area (Å²) in [4.78, 5) is 28.1. The lowest BCUT2D eigenvalue weighted by molar-refractivity contribution is 0.268. The number of ether oxygens (including phenoxy) is 2. The number of benzene rings is 4. The van der Waals surface area contributed by atoms with E-state index in [0.717, 1.165) is 26.6 Å². The van der Waals surface area contributed by atoms with Crippen molar-refractivity contribution in [3.8, 4) is 11.5 Å². The molecule has 0 amide bonds. The van der Waals surface area contributed by atoms with Crippen LogP contribution < -0.4 is 20.7 Å². The van der Waals surface area contributed by atoms with Gasteiger partial charge in [0, 0.05) is 5.56 Å². The summed E-state index contributed by atoms with van der Waals surface area (Å²) >= 11 is 0. The van der Waals surface area contributed by atoms with Gasteiger partial charge in [-0.2, -0.15) is 5.10 Å². The van der Waals surface area contributed by atoms with Crippen LogP contribution in [0.5, 0.6) is 11.5 Å². The number of rotatable bonds is 9. The maximum Gasteiger partial charge on any atom is 0.349 e. The van der Waals surface area contributed by atoms with Gasteiger partial charge in [-0.3, -0.25) is 4.79 Å². The summed E-state index contributed by atoms with van der Waals surface area (Å²) in [5.74, 6) is 1.17. The van der Waals surface area contributed by atoms with Crippen LogP contribution >= 0.6 is 0 Å². The summed E-state index contributed by atoms with van der Waals surface area (Å²) in [6.45, 7) is 6.58. The molecule has 1 N–H and O–H groups in total. The number of hydrogen-bond acceptors (Lipinski definition) is 5. The second-order valence-corrected chi connectivity index (χ2v) is 8.70. The predicted molar refractivity (Wildman–Crippen MR) is 152 cm³/mol. The van der Waals surface area contributed by atoms with E-state index in [-0.39, 0.29) is 0 Å². The molecule has 38 heavy (non-hydrogen) atoms. The maximum absolute atomic E-state index is 12.8. The van der Waals surface area contributed by atoms with Crippen LogP contribution in [0.3, 0.4) is 0 Å². The first-order valence-corrected chi connectivity index (χ1v) is 12.4. The van der Waals surface area contributed by atoms with Crippen LogP contribution in [0, 0.1) is 0 Å². The van der Waals surface area contributed by atoms with Gasteiger partial charge in [-0.05, 0) is 59.5 Å². The predicted octanol–water partition coefficient (Wildman–Crippen LogP) is 5.43. The molecule has 1 aromatic heterocycles. The molecule has 0 bridgehead atoms. The molecule has 1 heterocycles. The van der Waals surface area contributed by atoms with E-state index in [2.05, 4.69) is 40.9 Å². The van der Waals surface area contributed by atoms with Gasteiger partial charge >= 0.3 is 5.69 Å². The number of nitrogens with zero attached hydrogens (tertiary/aromatic N) is 2. The molecule has 0 aliphatic heterocycles. The molecule has 0 aliphatic carbocycles. The second-order valence-electron chi connectivity index (χ2n) is 8.70. The first kappa shape index (κ1) is 24.8. The first-order valence-electron chi connectivity index (χ1n) is 12.4. The lowest BCUT2D eigenvalue weighted by Crippen LogP contribution is -2.32. The quantitative estimate of drug-likeness (QED) is 0.214. The van der Waals surface area contributed by atoms with E-state index in [4.69, 9.17) is 9.47 Å². The van der Waals surface area contributed by atoms with E-state index >= 15 is 0 Å². The van der Waals surface area contributed by atoms with Crippen LogP contribution in [-0.2, 0) is 13.0 Å². The molecule has 5 rings (SSSR count). The largest absolute Gasteiger partial charge is 0.490 e. The van der Waals surface area contributed by atoms with Crippen LogP contribution in [0.4, 0.5) is 0 Å². The fraction of sp³-hybridized carbons (Fsp3) is 0.129. The van der Waals surface area contributed by atoms with Gasteiger partial charge in [-0.25, -0.2) is 4.79 Å². The Balaban J connectivity index is 1.51. The Morgan fingerprint density at radius 2 is 1.68 bits per heavy atom. The SMILES string of the molecule is C=CCc1cc(C=Nn2c(=O)[nH]c3ccccc3c2=O)cc(OCC)c1OCc1cccc2ccccc12. The summed E-state index contributed by atoms with van der Waals surface area (Å²) in [7, 11) is 0. The van der Waals surface area contributed by atoms with Gasteiger partial charge in [-0.1, -0.05) is 60.7 Å². The summed E-state index contributed by atoms with van der Waals surface area (Å²) in [6, 6.07) is 24.8. The molecule has 190 valence electrons. The molecule has 0 atom stereocenters. The standard InChI is InChI=1S/C31H27N3O4/c1-3-10-23-17-21(19-32-34-30(35)26-15-7-8-16-27(26)33-31(34)36)18-28(37-4-2)29(23)38-20-24-13-9-12-22-11-5-6-14-25(22)24/h3,5-9,11-19H,1,4,10,20H2,2H3,(H,33,36). The zero-order chi connectivity index (χ0) is 26.5. The first-order chi connectivity index (χ1) is 18.6. The Labute approximate surface area is 219 Å². The van der Waals surface area contributed by atoms with Crippen LogP contribution in [0.15, 0.2) is 106 Å². The number of H-pyrrole nitrogens is 1. The molecule has 0 fully saturated rings. The number of allylic oxidation sites excluding steroid dienone is 1. The molecule has 5 aromatic rings. The average molecular weight is 506 g/mol. The van der Waals surface area contributed by atoms with Crippen molar-refractivity contribution in [3.05, 3.63) is 129 Å². The van der Waals surface area contributed by atoms with Crippen molar-refractivity contribution < 1.29 is 9.47 Å². The fourth-order valence-electron chi connectivity index (χ4n) is 4.44. The maximum atomic E-state index is 12.8. The van der Waals surface area contributed by atoms with Gasteiger partial charge in [0.25, 0.3) is 5.56 Å². The van der Waals surface area contributed by atoms with Gasteiger partial charge in [0.1, 0.15) is 6.61 Å². The Kier molecular flexibility index (Phi) is 7.17. The Bertz CT molecular complexity index is 1780. The van der Waals surface area contributed by atoms with Gasteiger partial charge < -0.3 is 14.5 Å². The molecular weight excluding hydrogens is 478 g/mol. The third-order valence-electron chi connectivity index (χ3n) is 6.18. The van der Waals surface area contributed by atoms with E-state index in [1.165, 1.54) is 6.21 Å². The minimum Gasteiger partial charge on any atom is -0.490 e. The molecule has 0 aliphatic rings. The molecule has 0 radical (unpaired) electrons. The van der Waals surface area contributed by atoms with E-state index in [1.54, 1.807) is 36.4 Å². The minimum absolute atomic E-state index is 0.362. The summed E-state index contributed by atoms with van der Waals surface area (Å²) in [5.41, 5.74) is 1.93. The van der Waals surface area contributed by atoms with Crippen molar-refractivity contribution in [2.75, 3.05) is 6.61 Å². The lowest BCUT2D eigenvalue weighted by atomic mass is 10.0. The number of nitrogens with one attached hydrogen (secondary N) is 1. The zero-order valence-corrected chi connectivity index (χ0v) is 21.0. The highest BCUT2D eigenvalue weighted by atomic mass is 16.5. The topological polar surface area (TPSA) is 85.7 Å². The van der Waals surface area contributed by atoms with Gasteiger partial charge in [0.2, 0.25) is 0 Å². The highest BCUT2D eigenvalue weighted by Gasteiger charge is 2.14. The van der Waals surface area contributed by atoms with E-state index in [0.29, 0.717) is 47.6 Å².